The van der Waals surface area contributed by atoms with Crippen LogP contribution < -0.4 is 10.1 Å². The number of nitriles is 1. The second-order valence-electron chi connectivity index (χ2n) is 7.30. The number of fused-ring (bicyclic) bond motifs is 1. The van der Waals surface area contributed by atoms with Gasteiger partial charge in [-0.3, -0.25) is 0 Å². The number of methoxy groups -OCH3 is 1. The summed E-state index contributed by atoms with van der Waals surface area (Å²) in [6, 6.07) is 9.95. The van der Waals surface area contributed by atoms with E-state index in [0.29, 0.717) is 17.1 Å². The lowest BCUT2D eigenvalue weighted by molar-refractivity contribution is 0.226. The van der Waals surface area contributed by atoms with Crippen LogP contribution in [0.5, 0.6) is 5.75 Å². The molecule has 0 spiro atoms. The van der Waals surface area contributed by atoms with Gasteiger partial charge in [0.15, 0.2) is 5.65 Å². The van der Waals surface area contributed by atoms with E-state index in [2.05, 4.69) is 38.3 Å². The van der Waals surface area contributed by atoms with Crippen molar-refractivity contribution in [2.45, 2.75) is 12.8 Å². The van der Waals surface area contributed by atoms with Crippen LogP contribution in [0.25, 0.3) is 22.6 Å². The van der Waals surface area contributed by atoms with Gasteiger partial charge in [-0.2, -0.15) is 5.26 Å². The highest BCUT2D eigenvalue weighted by Gasteiger charge is 2.19. The number of likely N-dealkylation sites (tertiary alicyclic amines) is 1. The van der Waals surface area contributed by atoms with Crippen LogP contribution in [0.2, 0.25) is 0 Å². The normalized spacial score (nSPS) is 15.5. The van der Waals surface area contributed by atoms with Crippen molar-refractivity contribution in [2.75, 3.05) is 39.1 Å². The molecule has 0 amide bonds. The molecule has 0 radical (unpaired) electrons. The highest BCUT2D eigenvalue weighted by atomic mass is 16.5. The molecule has 1 fully saturated rings. The number of imidazole rings is 1. The zero-order valence-corrected chi connectivity index (χ0v) is 16.2. The highest BCUT2D eigenvalue weighted by Crippen LogP contribution is 2.29. The van der Waals surface area contributed by atoms with Crippen LogP contribution in [-0.4, -0.2) is 53.6 Å². The molecule has 3 aromatic rings. The Bertz CT molecular complexity index is 996. The number of anilines is 1. The molecule has 3 heterocycles. The van der Waals surface area contributed by atoms with Crippen LogP contribution in [0.4, 0.5) is 5.69 Å². The smallest absolute Gasteiger partial charge is 0.180 e. The Morgan fingerprint density at radius 3 is 2.71 bits per heavy atom. The monoisotopic (exact) mass is 376 g/mol. The predicted octanol–water partition coefficient (Wildman–Crippen LogP) is 3.26. The van der Waals surface area contributed by atoms with E-state index < -0.39 is 0 Å². The molecular weight excluding hydrogens is 352 g/mol. The molecule has 2 aromatic heterocycles. The molecule has 1 aliphatic heterocycles. The molecule has 0 aliphatic carbocycles. The molecular formula is C21H24N6O. The SMILES string of the molecule is COc1ccc(-c2nc3ncc(C#N)c(NCC4CCN(C)CC4)c3[nH]2)cc1. The number of aromatic amines is 1. The summed E-state index contributed by atoms with van der Waals surface area (Å²) in [5.41, 5.74) is 3.65. The van der Waals surface area contributed by atoms with Crippen LogP contribution >= 0.6 is 0 Å². The zero-order chi connectivity index (χ0) is 19.5. The molecule has 0 unspecified atom stereocenters. The van der Waals surface area contributed by atoms with E-state index >= 15 is 0 Å². The van der Waals surface area contributed by atoms with Gasteiger partial charge in [-0.1, -0.05) is 0 Å². The predicted molar refractivity (Wildman–Crippen MR) is 109 cm³/mol. The van der Waals surface area contributed by atoms with Crippen molar-refractivity contribution in [1.29, 1.82) is 5.26 Å². The standard InChI is InChI=1S/C21H24N6O/c1-27-9-7-14(8-10-27)12-23-18-16(11-22)13-24-21-19(18)25-20(26-21)15-3-5-17(28-2)6-4-15/h3-6,13-14H,7-10,12H2,1-2H3,(H2,23,24,25,26). The maximum Gasteiger partial charge on any atom is 0.180 e. The number of H-pyrrole nitrogens is 1. The second kappa shape index (κ2) is 7.87. The van der Waals surface area contributed by atoms with Crippen molar-refractivity contribution >= 4 is 16.9 Å². The molecule has 7 heteroatoms. The largest absolute Gasteiger partial charge is 0.497 e. The van der Waals surface area contributed by atoms with Crippen LogP contribution in [-0.2, 0) is 0 Å². The summed E-state index contributed by atoms with van der Waals surface area (Å²) in [6.45, 7) is 3.09. The Morgan fingerprint density at radius 2 is 2.04 bits per heavy atom. The first kappa shape index (κ1) is 18.3. The van der Waals surface area contributed by atoms with Crippen molar-refractivity contribution in [3.8, 4) is 23.2 Å². The van der Waals surface area contributed by atoms with Gasteiger partial charge in [-0.25, -0.2) is 9.97 Å². The lowest BCUT2D eigenvalue weighted by Gasteiger charge is -2.29. The summed E-state index contributed by atoms with van der Waals surface area (Å²) in [4.78, 5) is 14.7. The van der Waals surface area contributed by atoms with E-state index in [1.807, 2.05) is 24.3 Å². The number of benzene rings is 1. The Balaban J connectivity index is 1.62. The summed E-state index contributed by atoms with van der Waals surface area (Å²) in [5.74, 6) is 2.13. The number of nitrogens with zero attached hydrogens (tertiary/aromatic N) is 4. The van der Waals surface area contributed by atoms with E-state index in [1.54, 1.807) is 13.3 Å². The van der Waals surface area contributed by atoms with Crippen molar-refractivity contribution in [1.82, 2.24) is 19.9 Å². The Hall–Kier alpha value is -3.11. The fourth-order valence-corrected chi connectivity index (χ4v) is 3.62. The Labute approximate surface area is 164 Å². The van der Waals surface area contributed by atoms with Crippen molar-refractivity contribution in [2.24, 2.45) is 5.92 Å². The fourth-order valence-electron chi connectivity index (χ4n) is 3.62. The first-order chi connectivity index (χ1) is 13.7. The maximum atomic E-state index is 9.55. The average molecular weight is 376 g/mol. The molecule has 1 aliphatic rings. The molecule has 144 valence electrons. The van der Waals surface area contributed by atoms with E-state index in [9.17, 15) is 5.26 Å². The molecule has 7 nitrogen and oxygen atoms in total. The molecule has 28 heavy (non-hydrogen) atoms. The van der Waals surface area contributed by atoms with Gasteiger partial charge >= 0.3 is 0 Å². The molecule has 1 aromatic carbocycles. The van der Waals surface area contributed by atoms with Gasteiger partial charge in [0.1, 0.15) is 23.2 Å². The summed E-state index contributed by atoms with van der Waals surface area (Å²) in [6.07, 6.45) is 3.93. The van der Waals surface area contributed by atoms with Crippen LogP contribution in [0.3, 0.4) is 0 Å². The number of hydrogen-bond acceptors (Lipinski definition) is 6. The van der Waals surface area contributed by atoms with Crippen LogP contribution in [0.15, 0.2) is 30.5 Å². The van der Waals surface area contributed by atoms with Gasteiger partial charge in [0.05, 0.1) is 18.4 Å². The summed E-state index contributed by atoms with van der Waals surface area (Å²) in [7, 11) is 3.81. The van der Waals surface area contributed by atoms with Crippen LogP contribution in [0.1, 0.15) is 18.4 Å². The topological polar surface area (TPSA) is 89.9 Å². The fraction of sp³-hybridized carbons (Fsp3) is 0.381. The summed E-state index contributed by atoms with van der Waals surface area (Å²) < 4.78 is 5.22. The van der Waals surface area contributed by atoms with Gasteiger partial charge in [0.2, 0.25) is 0 Å². The minimum atomic E-state index is 0.533. The van der Waals surface area contributed by atoms with E-state index in [0.717, 1.165) is 48.0 Å². The number of nitrogens with one attached hydrogen (secondary N) is 2. The third kappa shape index (κ3) is 3.64. The summed E-state index contributed by atoms with van der Waals surface area (Å²) >= 11 is 0. The van der Waals surface area contributed by atoms with Crippen LogP contribution in [0, 0.1) is 17.2 Å². The second-order valence-corrected chi connectivity index (χ2v) is 7.30. The minimum absolute atomic E-state index is 0.533. The maximum absolute atomic E-state index is 9.55. The first-order valence-corrected chi connectivity index (χ1v) is 9.53. The van der Waals surface area contributed by atoms with Gasteiger partial charge in [-0.15, -0.1) is 0 Å². The Morgan fingerprint density at radius 1 is 1.29 bits per heavy atom. The highest BCUT2D eigenvalue weighted by molar-refractivity contribution is 5.90. The van der Waals surface area contributed by atoms with E-state index in [4.69, 9.17) is 4.74 Å². The van der Waals surface area contributed by atoms with Crippen molar-refractivity contribution < 1.29 is 4.74 Å². The summed E-state index contributed by atoms with van der Waals surface area (Å²) in [5, 5.41) is 13.0. The third-order valence-corrected chi connectivity index (χ3v) is 5.41. The number of rotatable bonds is 5. The lowest BCUT2D eigenvalue weighted by atomic mass is 9.97. The van der Waals surface area contributed by atoms with Gasteiger partial charge in [-0.05, 0) is 63.2 Å². The first-order valence-electron chi connectivity index (χ1n) is 9.53. The molecule has 0 atom stereocenters. The van der Waals surface area contributed by atoms with Gasteiger partial charge in [0, 0.05) is 18.3 Å². The number of hydrogen-bond donors (Lipinski definition) is 2. The van der Waals surface area contributed by atoms with Gasteiger partial charge < -0.3 is 19.9 Å². The molecule has 0 bridgehead atoms. The number of pyridine rings is 1. The molecule has 2 N–H and O–H groups in total. The average Bonchev–Trinajstić information content (AvgIpc) is 3.17. The molecule has 0 saturated carbocycles. The van der Waals surface area contributed by atoms with E-state index in [1.165, 1.54) is 12.8 Å². The third-order valence-electron chi connectivity index (χ3n) is 5.41. The van der Waals surface area contributed by atoms with Crippen molar-refractivity contribution in [3.63, 3.8) is 0 Å². The Kier molecular flexibility index (Phi) is 5.13. The van der Waals surface area contributed by atoms with Crippen molar-refractivity contribution in [3.05, 3.63) is 36.0 Å². The molecule has 1 saturated heterocycles. The minimum Gasteiger partial charge on any atom is -0.497 e. The zero-order valence-electron chi connectivity index (χ0n) is 16.2. The van der Waals surface area contributed by atoms with Gasteiger partial charge in [0.25, 0.3) is 0 Å². The number of piperidine rings is 1. The molecule has 4 rings (SSSR count). The quantitative estimate of drug-likeness (QED) is 0.710. The number of ether oxygens (including phenoxy) is 1. The van der Waals surface area contributed by atoms with E-state index in [-0.39, 0.29) is 0 Å². The lowest BCUT2D eigenvalue weighted by Crippen LogP contribution is -2.33. The number of aromatic nitrogens is 3.